The molecule has 1 aromatic heterocycles. The lowest BCUT2D eigenvalue weighted by atomic mass is 10.2. The van der Waals surface area contributed by atoms with Gasteiger partial charge in [0.2, 0.25) is 5.91 Å². The van der Waals surface area contributed by atoms with Gasteiger partial charge in [0.05, 0.1) is 0 Å². The SMILES string of the molecule is CC(C(=O)N1CCNC[C@@H]1C)n1cncn1. The molecule has 2 rings (SSSR count). The van der Waals surface area contributed by atoms with Crippen molar-refractivity contribution in [3.8, 4) is 0 Å². The van der Waals surface area contributed by atoms with E-state index in [1.165, 1.54) is 6.33 Å². The second-order valence-corrected chi connectivity index (χ2v) is 4.14. The monoisotopic (exact) mass is 223 g/mol. The van der Waals surface area contributed by atoms with Gasteiger partial charge < -0.3 is 10.2 Å². The molecule has 1 unspecified atom stereocenters. The minimum Gasteiger partial charge on any atom is -0.336 e. The summed E-state index contributed by atoms with van der Waals surface area (Å²) in [6.07, 6.45) is 3.03. The molecule has 0 saturated carbocycles. The van der Waals surface area contributed by atoms with Crippen LogP contribution in [0.1, 0.15) is 19.9 Å². The van der Waals surface area contributed by atoms with Crippen molar-refractivity contribution >= 4 is 5.91 Å². The van der Waals surface area contributed by atoms with E-state index in [4.69, 9.17) is 0 Å². The van der Waals surface area contributed by atoms with E-state index in [0.717, 1.165) is 19.6 Å². The Balaban J connectivity index is 2.06. The Bertz CT molecular complexity index is 350. The number of rotatable bonds is 2. The van der Waals surface area contributed by atoms with Crippen LogP contribution >= 0.6 is 0 Å². The molecule has 2 atom stereocenters. The molecule has 0 aliphatic carbocycles. The molecule has 0 aromatic carbocycles. The molecule has 88 valence electrons. The highest BCUT2D eigenvalue weighted by Crippen LogP contribution is 2.12. The number of piperazine rings is 1. The summed E-state index contributed by atoms with van der Waals surface area (Å²) in [4.78, 5) is 18.0. The van der Waals surface area contributed by atoms with Gasteiger partial charge >= 0.3 is 0 Å². The van der Waals surface area contributed by atoms with E-state index in [2.05, 4.69) is 22.3 Å². The number of amides is 1. The Labute approximate surface area is 94.6 Å². The van der Waals surface area contributed by atoms with Crippen molar-refractivity contribution in [1.82, 2.24) is 25.0 Å². The third-order valence-corrected chi connectivity index (χ3v) is 2.98. The molecule has 0 spiro atoms. The van der Waals surface area contributed by atoms with Crippen molar-refractivity contribution in [2.45, 2.75) is 25.9 Å². The van der Waals surface area contributed by atoms with Crippen LogP contribution in [0, 0.1) is 0 Å². The minimum atomic E-state index is -0.275. The molecule has 16 heavy (non-hydrogen) atoms. The smallest absolute Gasteiger partial charge is 0.247 e. The molecule has 1 aromatic rings. The first-order valence-corrected chi connectivity index (χ1v) is 5.55. The zero-order chi connectivity index (χ0) is 11.5. The second kappa shape index (κ2) is 4.61. The van der Waals surface area contributed by atoms with Gasteiger partial charge in [-0.05, 0) is 13.8 Å². The minimum absolute atomic E-state index is 0.111. The Morgan fingerprint density at radius 1 is 1.62 bits per heavy atom. The zero-order valence-electron chi connectivity index (χ0n) is 9.63. The number of hydrogen-bond acceptors (Lipinski definition) is 4. The zero-order valence-corrected chi connectivity index (χ0v) is 9.63. The maximum Gasteiger partial charge on any atom is 0.247 e. The van der Waals surface area contributed by atoms with Crippen molar-refractivity contribution in [3.05, 3.63) is 12.7 Å². The van der Waals surface area contributed by atoms with Crippen LogP contribution in [0.3, 0.4) is 0 Å². The number of nitrogens with one attached hydrogen (secondary N) is 1. The van der Waals surface area contributed by atoms with Crippen LogP contribution in [0.5, 0.6) is 0 Å². The summed E-state index contributed by atoms with van der Waals surface area (Å²) in [5.74, 6) is 0.111. The lowest BCUT2D eigenvalue weighted by molar-refractivity contribution is -0.137. The number of nitrogens with zero attached hydrogens (tertiary/aromatic N) is 4. The number of aromatic nitrogens is 3. The molecule has 6 heteroatoms. The normalized spacial score (nSPS) is 23.1. The lowest BCUT2D eigenvalue weighted by Crippen LogP contribution is -2.53. The summed E-state index contributed by atoms with van der Waals surface area (Å²) < 4.78 is 1.59. The van der Waals surface area contributed by atoms with Gasteiger partial charge in [-0.15, -0.1) is 0 Å². The standard InChI is InChI=1S/C10H17N5O/c1-8-5-11-3-4-14(8)10(16)9(2)15-7-12-6-13-15/h6-9,11H,3-5H2,1-2H3/t8-,9?/m0/s1. The van der Waals surface area contributed by atoms with Crippen molar-refractivity contribution in [3.63, 3.8) is 0 Å². The van der Waals surface area contributed by atoms with Crippen molar-refractivity contribution in [2.75, 3.05) is 19.6 Å². The summed E-state index contributed by atoms with van der Waals surface area (Å²) >= 11 is 0. The van der Waals surface area contributed by atoms with E-state index >= 15 is 0 Å². The topological polar surface area (TPSA) is 63.1 Å². The maximum atomic E-state index is 12.2. The molecular formula is C10H17N5O. The summed E-state index contributed by atoms with van der Waals surface area (Å²) in [6.45, 7) is 6.39. The fourth-order valence-corrected chi connectivity index (χ4v) is 1.94. The van der Waals surface area contributed by atoms with Crippen LogP contribution in [-0.4, -0.2) is 51.2 Å². The van der Waals surface area contributed by atoms with Crippen molar-refractivity contribution < 1.29 is 4.79 Å². The fourth-order valence-electron chi connectivity index (χ4n) is 1.94. The molecule has 6 nitrogen and oxygen atoms in total. The van der Waals surface area contributed by atoms with Gasteiger partial charge in [-0.25, -0.2) is 9.67 Å². The van der Waals surface area contributed by atoms with E-state index in [0.29, 0.717) is 0 Å². The van der Waals surface area contributed by atoms with Crippen LogP contribution in [0.25, 0.3) is 0 Å². The first-order chi connectivity index (χ1) is 7.70. The molecule has 1 amide bonds. The van der Waals surface area contributed by atoms with E-state index in [9.17, 15) is 4.79 Å². The van der Waals surface area contributed by atoms with Gasteiger partial charge in [0.25, 0.3) is 0 Å². The number of carbonyl (C=O) groups is 1. The molecular weight excluding hydrogens is 206 g/mol. The van der Waals surface area contributed by atoms with Crippen LogP contribution in [0.4, 0.5) is 0 Å². The second-order valence-electron chi connectivity index (χ2n) is 4.14. The van der Waals surface area contributed by atoms with Gasteiger partial charge in [-0.3, -0.25) is 4.79 Å². The first kappa shape index (κ1) is 11.1. The Hall–Kier alpha value is -1.43. The third-order valence-electron chi connectivity index (χ3n) is 2.98. The highest BCUT2D eigenvalue weighted by atomic mass is 16.2. The summed E-state index contributed by atoms with van der Waals surface area (Å²) in [5.41, 5.74) is 0. The largest absolute Gasteiger partial charge is 0.336 e. The number of carbonyl (C=O) groups excluding carboxylic acids is 1. The van der Waals surface area contributed by atoms with Crippen LogP contribution < -0.4 is 5.32 Å². The summed E-state index contributed by atoms with van der Waals surface area (Å²) in [7, 11) is 0. The van der Waals surface area contributed by atoms with Crippen LogP contribution in [-0.2, 0) is 4.79 Å². The lowest BCUT2D eigenvalue weighted by Gasteiger charge is -2.35. The molecule has 0 bridgehead atoms. The van der Waals surface area contributed by atoms with Crippen molar-refractivity contribution in [2.24, 2.45) is 0 Å². The Kier molecular flexibility index (Phi) is 3.19. The summed E-state index contributed by atoms with van der Waals surface area (Å²) in [6, 6.07) is -0.0322. The molecule has 1 aliphatic heterocycles. The van der Waals surface area contributed by atoms with E-state index in [1.54, 1.807) is 11.0 Å². The van der Waals surface area contributed by atoms with E-state index in [1.807, 2.05) is 11.8 Å². The quantitative estimate of drug-likeness (QED) is 0.745. The summed E-state index contributed by atoms with van der Waals surface area (Å²) in [5, 5.41) is 7.26. The van der Waals surface area contributed by atoms with Gasteiger partial charge in [0.1, 0.15) is 18.7 Å². The highest BCUT2D eigenvalue weighted by molar-refractivity contribution is 5.80. The van der Waals surface area contributed by atoms with Gasteiger partial charge in [0.15, 0.2) is 0 Å². The van der Waals surface area contributed by atoms with Crippen LogP contribution in [0.15, 0.2) is 12.7 Å². The predicted octanol–water partition coefficient (Wildman–Crippen LogP) is -0.341. The average Bonchev–Trinajstić information content (AvgIpc) is 2.81. The Morgan fingerprint density at radius 3 is 3.06 bits per heavy atom. The molecule has 2 heterocycles. The third kappa shape index (κ3) is 2.06. The molecule has 1 fully saturated rings. The molecule has 0 radical (unpaired) electrons. The van der Waals surface area contributed by atoms with E-state index in [-0.39, 0.29) is 18.0 Å². The maximum absolute atomic E-state index is 12.2. The fraction of sp³-hybridized carbons (Fsp3) is 0.700. The average molecular weight is 223 g/mol. The molecule has 1 saturated heterocycles. The van der Waals surface area contributed by atoms with E-state index < -0.39 is 0 Å². The van der Waals surface area contributed by atoms with Crippen LogP contribution in [0.2, 0.25) is 0 Å². The Morgan fingerprint density at radius 2 is 2.44 bits per heavy atom. The highest BCUT2D eigenvalue weighted by Gasteiger charge is 2.27. The molecule has 1 aliphatic rings. The van der Waals surface area contributed by atoms with Gasteiger partial charge in [-0.2, -0.15) is 5.10 Å². The molecule has 1 N–H and O–H groups in total. The van der Waals surface area contributed by atoms with Crippen molar-refractivity contribution in [1.29, 1.82) is 0 Å². The van der Waals surface area contributed by atoms with Gasteiger partial charge in [0, 0.05) is 25.7 Å². The number of hydrogen-bond donors (Lipinski definition) is 1. The van der Waals surface area contributed by atoms with Gasteiger partial charge in [-0.1, -0.05) is 0 Å². The predicted molar refractivity (Wildman–Crippen MR) is 58.8 cm³/mol. The first-order valence-electron chi connectivity index (χ1n) is 5.55.